The highest BCUT2D eigenvalue weighted by Crippen LogP contribution is 2.25. The number of hydrogen-bond acceptors (Lipinski definition) is 7. The van der Waals surface area contributed by atoms with Crippen molar-refractivity contribution in [3.63, 3.8) is 0 Å². The van der Waals surface area contributed by atoms with Gasteiger partial charge in [0.25, 0.3) is 11.5 Å². The number of rotatable bonds is 5. The molecule has 150 valence electrons. The van der Waals surface area contributed by atoms with Crippen LogP contribution in [0.25, 0.3) is 11.3 Å². The van der Waals surface area contributed by atoms with Crippen LogP contribution in [0.3, 0.4) is 0 Å². The minimum absolute atomic E-state index is 0.0677. The van der Waals surface area contributed by atoms with Gasteiger partial charge in [-0.15, -0.1) is 0 Å². The molecule has 4 aromatic heterocycles. The van der Waals surface area contributed by atoms with E-state index < -0.39 is 11.5 Å². The third kappa shape index (κ3) is 4.07. The van der Waals surface area contributed by atoms with Gasteiger partial charge < -0.3 is 14.6 Å². The fourth-order valence-corrected chi connectivity index (χ4v) is 2.68. The Kier molecular flexibility index (Phi) is 5.04. The Morgan fingerprint density at radius 1 is 1.07 bits per heavy atom. The average Bonchev–Trinajstić information content (AvgIpc) is 3.18. The van der Waals surface area contributed by atoms with Crippen LogP contribution in [0.15, 0.2) is 66.4 Å². The first-order valence-electron chi connectivity index (χ1n) is 8.90. The van der Waals surface area contributed by atoms with Crippen LogP contribution < -0.4 is 15.6 Å². The molecule has 0 aliphatic rings. The molecule has 0 atom stereocenters. The van der Waals surface area contributed by atoms with Crippen molar-refractivity contribution in [2.24, 2.45) is 14.1 Å². The predicted octanol–water partition coefficient (Wildman–Crippen LogP) is 2.02. The van der Waals surface area contributed by atoms with Crippen LogP contribution in [-0.2, 0) is 14.1 Å². The molecular weight excluding hydrogens is 386 g/mol. The van der Waals surface area contributed by atoms with Crippen LogP contribution in [0, 0.1) is 0 Å². The smallest absolute Gasteiger partial charge is 0.265 e. The maximum Gasteiger partial charge on any atom is 0.265 e. The summed E-state index contributed by atoms with van der Waals surface area (Å²) in [5.41, 5.74) is 1.10. The molecule has 4 aromatic rings. The van der Waals surface area contributed by atoms with Crippen molar-refractivity contribution < 1.29 is 9.53 Å². The first-order chi connectivity index (χ1) is 14.5. The van der Waals surface area contributed by atoms with Crippen molar-refractivity contribution >= 4 is 11.7 Å². The molecule has 0 radical (unpaired) electrons. The monoisotopic (exact) mass is 403 g/mol. The summed E-state index contributed by atoms with van der Waals surface area (Å²) in [7, 11) is 3.36. The molecular formula is C20H17N7O3. The van der Waals surface area contributed by atoms with Gasteiger partial charge in [-0.3, -0.25) is 19.3 Å². The molecule has 10 nitrogen and oxygen atoms in total. The number of hydrogen-bond donors (Lipinski definition) is 1. The Morgan fingerprint density at radius 2 is 1.93 bits per heavy atom. The fourth-order valence-electron chi connectivity index (χ4n) is 2.68. The van der Waals surface area contributed by atoms with E-state index in [2.05, 4.69) is 25.4 Å². The van der Waals surface area contributed by atoms with Gasteiger partial charge in [-0.1, -0.05) is 0 Å². The van der Waals surface area contributed by atoms with Crippen molar-refractivity contribution in [1.82, 2.24) is 29.3 Å². The lowest BCUT2D eigenvalue weighted by Gasteiger charge is -2.08. The lowest BCUT2D eigenvalue weighted by atomic mass is 10.2. The Bertz CT molecular complexity index is 1260. The van der Waals surface area contributed by atoms with Gasteiger partial charge in [-0.05, 0) is 18.2 Å². The summed E-state index contributed by atoms with van der Waals surface area (Å²) in [5, 5.41) is 6.71. The Morgan fingerprint density at radius 3 is 2.67 bits per heavy atom. The SMILES string of the molecule is Cn1cc(-c2cc(Oc3ccc(NC(=O)c4cncn(C)c4=O)nc3)ccn2)cn1. The molecule has 0 aliphatic carbocycles. The summed E-state index contributed by atoms with van der Waals surface area (Å²) in [6.45, 7) is 0. The van der Waals surface area contributed by atoms with E-state index in [0.717, 1.165) is 11.3 Å². The van der Waals surface area contributed by atoms with E-state index in [9.17, 15) is 9.59 Å². The summed E-state index contributed by atoms with van der Waals surface area (Å²) in [6, 6.07) is 6.77. The summed E-state index contributed by atoms with van der Waals surface area (Å²) in [6.07, 6.45) is 9.26. The zero-order valence-electron chi connectivity index (χ0n) is 16.2. The minimum atomic E-state index is -0.583. The van der Waals surface area contributed by atoms with Gasteiger partial charge in [0, 0.05) is 44.3 Å². The first-order valence-corrected chi connectivity index (χ1v) is 8.90. The second-order valence-corrected chi connectivity index (χ2v) is 6.44. The van der Waals surface area contributed by atoms with Crippen LogP contribution in [-0.4, -0.2) is 35.2 Å². The Hall–Kier alpha value is -4.34. The third-order valence-corrected chi connectivity index (χ3v) is 4.18. The number of aryl methyl sites for hydroxylation is 2. The number of carbonyl (C=O) groups is 1. The summed E-state index contributed by atoms with van der Waals surface area (Å²) >= 11 is 0. The van der Waals surface area contributed by atoms with Crippen LogP contribution in [0.4, 0.5) is 5.82 Å². The number of aromatic nitrogens is 6. The molecule has 4 rings (SSSR count). The van der Waals surface area contributed by atoms with Crippen molar-refractivity contribution in [3.05, 3.63) is 77.5 Å². The molecule has 0 unspecified atom stereocenters. The first kappa shape index (κ1) is 19.0. The van der Waals surface area contributed by atoms with Crippen LogP contribution >= 0.6 is 0 Å². The van der Waals surface area contributed by atoms with Gasteiger partial charge in [-0.25, -0.2) is 9.97 Å². The van der Waals surface area contributed by atoms with Gasteiger partial charge in [0.1, 0.15) is 22.9 Å². The van der Waals surface area contributed by atoms with E-state index in [1.165, 1.54) is 30.3 Å². The highest BCUT2D eigenvalue weighted by Gasteiger charge is 2.13. The van der Waals surface area contributed by atoms with Gasteiger partial charge in [0.05, 0.1) is 24.4 Å². The summed E-state index contributed by atoms with van der Waals surface area (Å²) in [5.74, 6) is 0.763. The molecule has 1 N–H and O–H groups in total. The van der Waals surface area contributed by atoms with Gasteiger partial charge in [0.15, 0.2) is 0 Å². The van der Waals surface area contributed by atoms with Gasteiger partial charge in [0.2, 0.25) is 0 Å². The quantitative estimate of drug-likeness (QED) is 0.542. The minimum Gasteiger partial charge on any atom is -0.456 e. The van der Waals surface area contributed by atoms with Crippen molar-refractivity contribution in [2.75, 3.05) is 5.32 Å². The van der Waals surface area contributed by atoms with Gasteiger partial charge >= 0.3 is 0 Å². The molecule has 0 saturated heterocycles. The molecule has 0 bridgehead atoms. The highest BCUT2D eigenvalue weighted by molar-refractivity contribution is 6.03. The molecule has 1 amide bonds. The van der Waals surface area contributed by atoms with Crippen LogP contribution in [0.1, 0.15) is 10.4 Å². The summed E-state index contributed by atoms with van der Waals surface area (Å²) < 4.78 is 8.75. The lowest BCUT2D eigenvalue weighted by molar-refractivity contribution is 0.102. The number of carbonyl (C=O) groups excluding carboxylic acids is 1. The van der Waals surface area contributed by atoms with E-state index in [0.29, 0.717) is 11.5 Å². The topological polar surface area (TPSA) is 117 Å². The Labute approximate surface area is 170 Å². The van der Waals surface area contributed by atoms with Crippen molar-refractivity contribution in [2.45, 2.75) is 0 Å². The number of anilines is 1. The molecule has 0 aromatic carbocycles. The fraction of sp³-hybridized carbons (Fsp3) is 0.100. The van der Waals surface area contributed by atoms with Crippen molar-refractivity contribution in [3.8, 4) is 22.8 Å². The van der Waals surface area contributed by atoms with Crippen LogP contribution in [0.2, 0.25) is 0 Å². The van der Waals surface area contributed by atoms with E-state index in [4.69, 9.17) is 4.74 Å². The second kappa shape index (κ2) is 7.95. The lowest BCUT2D eigenvalue weighted by Crippen LogP contribution is -2.28. The van der Waals surface area contributed by atoms with Crippen LogP contribution in [0.5, 0.6) is 11.5 Å². The molecule has 0 fully saturated rings. The van der Waals surface area contributed by atoms with E-state index in [-0.39, 0.29) is 11.4 Å². The number of ether oxygens (including phenoxy) is 1. The van der Waals surface area contributed by atoms with Crippen molar-refractivity contribution in [1.29, 1.82) is 0 Å². The second-order valence-electron chi connectivity index (χ2n) is 6.44. The number of nitrogens with one attached hydrogen (secondary N) is 1. The maximum atomic E-state index is 12.3. The van der Waals surface area contributed by atoms with E-state index in [1.54, 1.807) is 41.3 Å². The average molecular weight is 403 g/mol. The summed E-state index contributed by atoms with van der Waals surface area (Å²) in [4.78, 5) is 36.6. The number of nitrogens with zero attached hydrogens (tertiary/aromatic N) is 6. The molecule has 4 heterocycles. The van der Waals surface area contributed by atoms with E-state index in [1.807, 2.05) is 13.2 Å². The largest absolute Gasteiger partial charge is 0.456 e. The Balaban J connectivity index is 1.46. The molecule has 0 spiro atoms. The molecule has 0 saturated carbocycles. The maximum absolute atomic E-state index is 12.3. The number of pyridine rings is 2. The van der Waals surface area contributed by atoms with E-state index >= 15 is 0 Å². The van der Waals surface area contributed by atoms with Gasteiger partial charge in [-0.2, -0.15) is 5.10 Å². The zero-order chi connectivity index (χ0) is 21.1. The molecule has 10 heteroatoms. The highest BCUT2D eigenvalue weighted by atomic mass is 16.5. The standard InChI is InChI=1S/C20H17N7O3/c1-26-12-21-10-16(20(26)29)19(28)25-18-4-3-15(9-23-18)30-14-5-6-22-17(7-14)13-8-24-27(2)11-13/h3-12H,1-2H3,(H,23,25,28). The predicted molar refractivity (Wildman–Crippen MR) is 108 cm³/mol. The molecule has 30 heavy (non-hydrogen) atoms. The number of amides is 1. The zero-order valence-corrected chi connectivity index (χ0v) is 16.2. The third-order valence-electron chi connectivity index (χ3n) is 4.18. The molecule has 0 aliphatic heterocycles. The normalized spacial score (nSPS) is 10.6.